The van der Waals surface area contributed by atoms with E-state index in [2.05, 4.69) is 20.4 Å². The van der Waals surface area contributed by atoms with Crippen molar-refractivity contribution in [2.75, 3.05) is 0 Å². The van der Waals surface area contributed by atoms with Crippen LogP contribution in [0.1, 0.15) is 40.8 Å². The Morgan fingerprint density at radius 3 is 1.73 bits per heavy atom. The van der Waals surface area contributed by atoms with Crippen LogP contribution < -0.4 is 0 Å². The second-order valence-electron chi connectivity index (χ2n) is 5.74. The highest BCUT2D eigenvalue weighted by Crippen LogP contribution is 2.20. The molecule has 0 radical (unpaired) electrons. The molecule has 2 rings (SSSR count). The summed E-state index contributed by atoms with van der Waals surface area (Å²) in [4.78, 5) is 13.4. The summed E-state index contributed by atoms with van der Waals surface area (Å²) in [5, 5.41) is 23.7. The van der Waals surface area contributed by atoms with Gasteiger partial charge >= 0.3 is 5.97 Å². The molecule has 0 amide bonds. The van der Waals surface area contributed by atoms with Gasteiger partial charge in [-0.25, -0.2) is 0 Å². The van der Waals surface area contributed by atoms with Crippen molar-refractivity contribution in [3.63, 3.8) is 0 Å². The quantitative estimate of drug-likeness (QED) is 0.756. The molecule has 0 aliphatic heterocycles. The van der Waals surface area contributed by atoms with Gasteiger partial charge in [-0.2, -0.15) is 10.2 Å². The van der Waals surface area contributed by atoms with Gasteiger partial charge in [-0.15, -0.1) is 0 Å². The number of carboxylic acids is 1. The highest BCUT2D eigenvalue weighted by Gasteiger charge is 2.24. The molecule has 22 heavy (non-hydrogen) atoms. The zero-order chi connectivity index (χ0) is 16.4. The second-order valence-corrected chi connectivity index (χ2v) is 5.74. The lowest BCUT2D eigenvalue weighted by Gasteiger charge is -2.26. The van der Waals surface area contributed by atoms with E-state index in [1.54, 1.807) is 6.92 Å². The van der Waals surface area contributed by atoms with E-state index in [-0.39, 0.29) is 0 Å². The number of hydrogen-bond acceptors (Lipinski definition) is 4. The molecule has 2 heterocycles. The van der Waals surface area contributed by atoms with Crippen LogP contribution in [-0.4, -0.2) is 42.4 Å². The minimum absolute atomic E-state index is 0.533. The van der Waals surface area contributed by atoms with Gasteiger partial charge in [0.05, 0.1) is 11.4 Å². The van der Waals surface area contributed by atoms with Gasteiger partial charge in [-0.3, -0.25) is 19.9 Å². The number of carbonyl (C=O) groups is 1. The average Bonchev–Trinajstić information content (AvgIpc) is 2.94. The van der Waals surface area contributed by atoms with Crippen molar-refractivity contribution in [1.82, 2.24) is 25.3 Å². The monoisotopic (exact) mass is 305 g/mol. The molecule has 2 aromatic heterocycles. The van der Waals surface area contributed by atoms with Crippen molar-refractivity contribution >= 4 is 5.97 Å². The molecule has 3 N–H and O–H groups in total. The minimum atomic E-state index is -0.836. The number of rotatable bonds is 6. The van der Waals surface area contributed by atoms with Crippen LogP contribution in [-0.2, 0) is 17.9 Å². The molecule has 0 saturated carbocycles. The third-order valence-electron chi connectivity index (χ3n) is 4.19. The first kappa shape index (κ1) is 16.2. The lowest BCUT2D eigenvalue weighted by atomic mass is 10.1. The SMILES string of the molecule is Cc1n[nH]c(C)c1CN(Cc1c(C)n[nH]c1C)[C@@H](C)C(=O)O. The van der Waals surface area contributed by atoms with E-state index in [4.69, 9.17) is 0 Å². The summed E-state index contributed by atoms with van der Waals surface area (Å²) in [5.74, 6) is -0.836. The first-order valence-electron chi connectivity index (χ1n) is 7.29. The summed E-state index contributed by atoms with van der Waals surface area (Å²) in [7, 11) is 0. The van der Waals surface area contributed by atoms with Crippen molar-refractivity contribution in [3.8, 4) is 0 Å². The Bertz CT molecular complexity index is 586. The molecule has 0 aromatic carbocycles. The maximum absolute atomic E-state index is 11.4. The first-order valence-corrected chi connectivity index (χ1v) is 7.29. The summed E-state index contributed by atoms with van der Waals surface area (Å²) in [6.07, 6.45) is 0. The van der Waals surface area contributed by atoms with Gasteiger partial charge < -0.3 is 5.11 Å². The molecule has 120 valence electrons. The maximum Gasteiger partial charge on any atom is 0.320 e. The fourth-order valence-corrected chi connectivity index (χ4v) is 2.51. The number of nitrogens with zero attached hydrogens (tertiary/aromatic N) is 3. The van der Waals surface area contributed by atoms with Crippen LogP contribution in [0.3, 0.4) is 0 Å². The summed E-state index contributed by atoms with van der Waals surface area (Å²) in [6.45, 7) is 10.5. The first-order chi connectivity index (χ1) is 10.3. The fourth-order valence-electron chi connectivity index (χ4n) is 2.51. The number of nitrogens with one attached hydrogen (secondary N) is 2. The highest BCUT2D eigenvalue weighted by atomic mass is 16.4. The van der Waals surface area contributed by atoms with Gasteiger partial charge in [-0.1, -0.05) is 0 Å². The van der Waals surface area contributed by atoms with Gasteiger partial charge in [0.15, 0.2) is 0 Å². The Morgan fingerprint density at radius 2 is 1.45 bits per heavy atom. The molecule has 0 aliphatic carbocycles. The molecule has 0 saturated heterocycles. The number of aliphatic carboxylic acids is 1. The predicted molar refractivity (Wildman–Crippen MR) is 82.5 cm³/mol. The van der Waals surface area contributed by atoms with E-state index < -0.39 is 12.0 Å². The van der Waals surface area contributed by atoms with Crippen LogP contribution in [0.4, 0.5) is 0 Å². The number of H-pyrrole nitrogens is 2. The van der Waals surface area contributed by atoms with Crippen LogP contribution in [0, 0.1) is 27.7 Å². The summed E-state index contributed by atoms with van der Waals surface area (Å²) in [6, 6.07) is -0.595. The minimum Gasteiger partial charge on any atom is -0.480 e. The Morgan fingerprint density at radius 1 is 1.05 bits per heavy atom. The van der Waals surface area contributed by atoms with E-state index in [0.29, 0.717) is 13.1 Å². The normalized spacial score (nSPS) is 12.8. The molecule has 0 unspecified atom stereocenters. The zero-order valence-electron chi connectivity index (χ0n) is 13.7. The topological polar surface area (TPSA) is 97.9 Å². The van der Waals surface area contributed by atoms with E-state index in [0.717, 1.165) is 33.9 Å². The molecule has 1 atom stereocenters. The molecule has 0 bridgehead atoms. The van der Waals surface area contributed by atoms with Crippen LogP contribution in [0.15, 0.2) is 0 Å². The number of aryl methyl sites for hydroxylation is 4. The standard InChI is InChI=1S/C15H23N5O2/c1-8-13(9(2)17-16-8)6-20(12(5)15(21)22)7-14-10(3)18-19-11(14)4/h12H,6-7H2,1-5H3,(H,16,17)(H,18,19)(H,21,22)/t12-/m0/s1. The Balaban J connectivity index is 2.29. The zero-order valence-corrected chi connectivity index (χ0v) is 13.7. The molecule has 0 spiro atoms. The number of carboxylic acid groups (broad SMARTS) is 1. The van der Waals surface area contributed by atoms with Crippen molar-refractivity contribution in [1.29, 1.82) is 0 Å². The predicted octanol–water partition coefficient (Wildman–Crippen LogP) is 1.84. The fraction of sp³-hybridized carbons (Fsp3) is 0.533. The van der Waals surface area contributed by atoms with Crippen LogP contribution in [0.5, 0.6) is 0 Å². The van der Waals surface area contributed by atoms with Crippen molar-refractivity contribution < 1.29 is 9.90 Å². The summed E-state index contributed by atoms with van der Waals surface area (Å²) < 4.78 is 0. The summed E-state index contributed by atoms with van der Waals surface area (Å²) >= 11 is 0. The van der Waals surface area contributed by atoms with Gasteiger partial charge in [0.25, 0.3) is 0 Å². The smallest absolute Gasteiger partial charge is 0.320 e. The molecule has 2 aromatic rings. The number of aromatic nitrogens is 4. The Hall–Kier alpha value is -2.15. The number of aromatic amines is 2. The van der Waals surface area contributed by atoms with E-state index in [1.807, 2.05) is 32.6 Å². The third-order valence-corrected chi connectivity index (χ3v) is 4.19. The van der Waals surface area contributed by atoms with Crippen LogP contribution >= 0.6 is 0 Å². The molecule has 7 nitrogen and oxygen atoms in total. The van der Waals surface area contributed by atoms with E-state index >= 15 is 0 Å². The largest absolute Gasteiger partial charge is 0.480 e. The summed E-state index contributed by atoms with van der Waals surface area (Å²) in [5.41, 5.74) is 5.85. The second kappa shape index (κ2) is 6.31. The van der Waals surface area contributed by atoms with Crippen LogP contribution in [0.2, 0.25) is 0 Å². The van der Waals surface area contributed by atoms with Gasteiger partial charge in [0.2, 0.25) is 0 Å². The molecular formula is C15H23N5O2. The maximum atomic E-state index is 11.4. The number of hydrogen-bond donors (Lipinski definition) is 3. The molecule has 0 fully saturated rings. The highest BCUT2D eigenvalue weighted by molar-refractivity contribution is 5.72. The lowest BCUT2D eigenvalue weighted by Crippen LogP contribution is -2.38. The van der Waals surface area contributed by atoms with Crippen LogP contribution in [0.25, 0.3) is 0 Å². The molecule has 7 heteroatoms. The molecular weight excluding hydrogens is 282 g/mol. The van der Waals surface area contributed by atoms with Gasteiger partial charge in [0.1, 0.15) is 6.04 Å². The Kier molecular flexibility index (Phi) is 4.65. The third kappa shape index (κ3) is 3.19. The average molecular weight is 305 g/mol. The molecule has 0 aliphatic rings. The van der Waals surface area contributed by atoms with E-state index in [9.17, 15) is 9.90 Å². The van der Waals surface area contributed by atoms with E-state index in [1.165, 1.54) is 0 Å². The van der Waals surface area contributed by atoms with Crippen molar-refractivity contribution in [2.24, 2.45) is 0 Å². The van der Waals surface area contributed by atoms with Crippen molar-refractivity contribution in [2.45, 2.75) is 53.8 Å². The van der Waals surface area contributed by atoms with Gasteiger partial charge in [0, 0.05) is 35.6 Å². The Labute approximate surface area is 129 Å². The van der Waals surface area contributed by atoms with Gasteiger partial charge in [-0.05, 0) is 34.6 Å². The van der Waals surface area contributed by atoms with Crippen molar-refractivity contribution in [3.05, 3.63) is 33.9 Å². The lowest BCUT2D eigenvalue weighted by molar-refractivity contribution is -0.143.